The van der Waals surface area contributed by atoms with E-state index in [4.69, 9.17) is 4.42 Å². The molecule has 106 valence electrons. The molecule has 1 aliphatic carbocycles. The maximum Gasteiger partial charge on any atom is 0.344 e. The lowest BCUT2D eigenvalue weighted by Gasteiger charge is -2.15. The predicted molar refractivity (Wildman–Crippen MR) is 89.0 cm³/mol. The van der Waals surface area contributed by atoms with Crippen LogP contribution in [0.3, 0.4) is 0 Å². The molecule has 0 unspecified atom stereocenters. The molecule has 0 atom stereocenters. The van der Waals surface area contributed by atoms with Gasteiger partial charge in [0, 0.05) is 16.5 Å². The van der Waals surface area contributed by atoms with Crippen LogP contribution >= 0.6 is 15.9 Å². The molecule has 4 heteroatoms. The Balaban J connectivity index is 2.23. The van der Waals surface area contributed by atoms with Gasteiger partial charge in [0.05, 0.1) is 10.0 Å². The number of halogens is 1. The summed E-state index contributed by atoms with van der Waals surface area (Å²) in [7, 11) is 0. The number of carbonyl (C=O) groups excluding carboxylic acids is 1. The number of benzene rings is 2. The van der Waals surface area contributed by atoms with Crippen molar-refractivity contribution in [3.05, 3.63) is 74.6 Å². The van der Waals surface area contributed by atoms with E-state index in [9.17, 15) is 9.59 Å². The highest BCUT2D eigenvalue weighted by Gasteiger charge is 2.23. The number of ketones is 1. The predicted octanol–water partition coefficient (Wildman–Crippen LogP) is 4.43. The van der Waals surface area contributed by atoms with Gasteiger partial charge in [0.25, 0.3) is 0 Å². The van der Waals surface area contributed by atoms with Gasteiger partial charge in [-0.25, -0.2) is 4.79 Å². The first kappa shape index (κ1) is 13.2. The Labute approximate surface area is 134 Å². The third kappa shape index (κ3) is 1.81. The Morgan fingerprint density at radius 1 is 0.909 bits per heavy atom. The van der Waals surface area contributed by atoms with Crippen molar-refractivity contribution in [1.29, 1.82) is 0 Å². The zero-order valence-corrected chi connectivity index (χ0v) is 12.9. The second-order valence-corrected chi connectivity index (χ2v) is 5.90. The molecule has 0 saturated heterocycles. The van der Waals surface area contributed by atoms with Crippen LogP contribution in [0.25, 0.3) is 28.2 Å². The van der Waals surface area contributed by atoms with Crippen molar-refractivity contribution in [1.82, 2.24) is 0 Å². The molecule has 3 aromatic rings. The Bertz CT molecular complexity index is 1010. The molecular weight excluding hydrogens is 344 g/mol. The minimum Gasteiger partial charge on any atom is -0.421 e. The van der Waals surface area contributed by atoms with Crippen molar-refractivity contribution in [2.45, 2.75) is 0 Å². The summed E-state index contributed by atoms with van der Waals surface area (Å²) >= 11 is 3.39. The van der Waals surface area contributed by atoms with E-state index in [1.165, 1.54) is 6.08 Å². The van der Waals surface area contributed by atoms with E-state index in [1.807, 2.05) is 30.3 Å². The number of hydrogen-bond donors (Lipinski definition) is 0. The minimum absolute atomic E-state index is 0.0853. The average Bonchev–Trinajstić information content (AvgIpc) is 2.53. The summed E-state index contributed by atoms with van der Waals surface area (Å²) in [4.78, 5) is 24.6. The van der Waals surface area contributed by atoms with Crippen LogP contribution in [0.2, 0.25) is 0 Å². The van der Waals surface area contributed by atoms with Crippen LogP contribution in [0.5, 0.6) is 0 Å². The van der Waals surface area contributed by atoms with Crippen molar-refractivity contribution >= 4 is 38.8 Å². The number of rotatable bonds is 1. The molecule has 2 aromatic carbocycles. The molecule has 0 radical (unpaired) electrons. The van der Waals surface area contributed by atoms with Crippen LogP contribution in [0, 0.1) is 0 Å². The SMILES string of the molecule is O=C1C=Cc2c(-c3ccccc3)c(=O)oc3c(Br)ccc1c23. The Morgan fingerprint density at radius 3 is 2.45 bits per heavy atom. The van der Waals surface area contributed by atoms with Gasteiger partial charge in [0.1, 0.15) is 0 Å². The molecule has 0 spiro atoms. The quantitative estimate of drug-likeness (QED) is 0.608. The molecule has 0 fully saturated rings. The molecule has 3 nitrogen and oxygen atoms in total. The van der Waals surface area contributed by atoms with Gasteiger partial charge in [-0.2, -0.15) is 0 Å². The fourth-order valence-electron chi connectivity index (χ4n) is 2.80. The van der Waals surface area contributed by atoms with Crippen molar-refractivity contribution in [3.63, 3.8) is 0 Å². The zero-order valence-electron chi connectivity index (χ0n) is 11.3. The van der Waals surface area contributed by atoms with Gasteiger partial charge in [-0.15, -0.1) is 0 Å². The fourth-order valence-corrected chi connectivity index (χ4v) is 3.21. The molecule has 0 amide bonds. The average molecular weight is 353 g/mol. The van der Waals surface area contributed by atoms with Gasteiger partial charge in [-0.3, -0.25) is 4.79 Å². The van der Waals surface area contributed by atoms with Gasteiger partial charge in [0.15, 0.2) is 11.4 Å². The van der Waals surface area contributed by atoms with Crippen LogP contribution in [0.4, 0.5) is 0 Å². The molecule has 22 heavy (non-hydrogen) atoms. The van der Waals surface area contributed by atoms with E-state index in [0.717, 1.165) is 11.1 Å². The summed E-state index contributed by atoms with van der Waals surface area (Å²) in [5.41, 5.74) is 2.54. The third-order valence-corrected chi connectivity index (χ3v) is 4.40. The summed E-state index contributed by atoms with van der Waals surface area (Å²) in [5, 5.41) is 0.681. The van der Waals surface area contributed by atoms with Crippen LogP contribution in [-0.2, 0) is 0 Å². The van der Waals surface area contributed by atoms with Crippen molar-refractivity contribution in [2.24, 2.45) is 0 Å². The Hall–Kier alpha value is -2.46. The van der Waals surface area contributed by atoms with Gasteiger partial charge < -0.3 is 4.42 Å². The highest BCUT2D eigenvalue weighted by Crippen LogP contribution is 2.36. The van der Waals surface area contributed by atoms with Gasteiger partial charge >= 0.3 is 5.63 Å². The van der Waals surface area contributed by atoms with Gasteiger partial charge in [0.2, 0.25) is 0 Å². The molecule has 1 aromatic heterocycles. The molecule has 0 N–H and O–H groups in total. The summed E-state index contributed by atoms with van der Waals surface area (Å²) in [6, 6.07) is 12.8. The van der Waals surface area contributed by atoms with Crippen LogP contribution < -0.4 is 5.63 Å². The lowest BCUT2D eigenvalue weighted by atomic mass is 9.90. The molecule has 0 saturated carbocycles. The summed E-state index contributed by atoms with van der Waals surface area (Å²) in [5.74, 6) is -0.0853. The summed E-state index contributed by atoms with van der Waals surface area (Å²) in [6.07, 6.45) is 3.19. The van der Waals surface area contributed by atoms with Crippen LogP contribution in [0.1, 0.15) is 15.9 Å². The minimum atomic E-state index is -0.412. The number of carbonyl (C=O) groups is 1. The topological polar surface area (TPSA) is 47.3 Å². The summed E-state index contributed by atoms with van der Waals surface area (Å²) in [6.45, 7) is 0. The smallest absolute Gasteiger partial charge is 0.344 e. The monoisotopic (exact) mass is 352 g/mol. The van der Waals surface area contributed by atoms with Gasteiger partial charge in [-0.1, -0.05) is 30.3 Å². The van der Waals surface area contributed by atoms with Gasteiger partial charge in [-0.05, 0) is 45.8 Å². The van der Waals surface area contributed by atoms with E-state index in [-0.39, 0.29) is 5.78 Å². The maximum absolute atomic E-state index is 12.5. The highest BCUT2D eigenvalue weighted by molar-refractivity contribution is 9.10. The highest BCUT2D eigenvalue weighted by atomic mass is 79.9. The first-order valence-electron chi connectivity index (χ1n) is 6.74. The van der Waals surface area contributed by atoms with Crippen molar-refractivity contribution in [2.75, 3.05) is 0 Å². The maximum atomic E-state index is 12.5. The van der Waals surface area contributed by atoms with Crippen LogP contribution in [0.15, 0.2) is 62.2 Å². The van der Waals surface area contributed by atoms with E-state index >= 15 is 0 Å². The summed E-state index contributed by atoms with van der Waals surface area (Å²) < 4.78 is 6.15. The lowest BCUT2D eigenvalue weighted by Crippen LogP contribution is -2.11. The first-order chi connectivity index (χ1) is 10.7. The van der Waals surface area contributed by atoms with Crippen molar-refractivity contribution in [3.8, 4) is 11.1 Å². The van der Waals surface area contributed by atoms with Crippen LogP contribution in [-0.4, -0.2) is 5.78 Å². The lowest BCUT2D eigenvalue weighted by molar-refractivity contribution is 0.104. The zero-order chi connectivity index (χ0) is 15.3. The molecular formula is C18H9BrO3. The molecule has 0 aliphatic heterocycles. The Morgan fingerprint density at radius 2 is 1.68 bits per heavy atom. The second kappa shape index (κ2) is 4.78. The molecule has 4 rings (SSSR count). The number of hydrogen-bond acceptors (Lipinski definition) is 3. The second-order valence-electron chi connectivity index (χ2n) is 5.04. The first-order valence-corrected chi connectivity index (χ1v) is 7.53. The standard InChI is InChI=1S/C18H9BrO3/c19-13-8-6-11-14(20)9-7-12-15(10-4-2-1-3-5-10)18(21)22-17(13)16(11)12/h1-9H. The van der Waals surface area contributed by atoms with E-state index in [0.29, 0.717) is 26.6 Å². The van der Waals surface area contributed by atoms with E-state index < -0.39 is 5.63 Å². The third-order valence-electron chi connectivity index (χ3n) is 3.78. The molecule has 1 heterocycles. The number of allylic oxidation sites excluding steroid dienone is 1. The largest absolute Gasteiger partial charge is 0.421 e. The molecule has 0 bridgehead atoms. The van der Waals surface area contributed by atoms with E-state index in [1.54, 1.807) is 18.2 Å². The Kier molecular flexibility index (Phi) is 2.87. The molecule has 1 aliphatic rings. The fraction of sp³-hybridized carbons (Fsp3) is 0. The van der Waals surface area contributed by atoms with E-state index in [2.05, 4.69) is 15.9 Å². The van der Waals surface area contributed by atoms with Crippen molar-refractivity contribution < 1.29 is 9.21 Å². The normalized spacial score (nSPS) is 12.9.